The Morgan fingerprint density at radius 3 is 1.07 bits per heavy atom. The first kappa shape index (κ1) is 26.9. The standard InChI is InChI=1S/C8H4F17IS/c9-3(10,1-2-26)4(11,12)5(13,14)6(15,16)7(17,18)8(19,20)27(21,22,23,24)25/h1-2H2. The van der Waals surface area contributed by atoms with Crippen LogP contribution >= 0.6 is 32.8 Å². The predicted octanol–water partition coefficient (Wildman–Crippen LogP) is 7.88. The van der Waals surface area contributed by atoms with Crippen LogP contribution in [0.5, 0.6) is 0 Å². The Morgan fingerprint density at radius 2 is 0.815 bits per heavy atom. The van der Waals surface area contributed by atoms with Gasteiger partial charge in [-0.05, 0) is 0 Å². The van der Waals surface area contributed by atoms with Gasteiger partial charge in [0, 0.05) is 10.8 Å². The molecule has 0 aliphatic heterocycles. The van der Waals surface area contributed by atoms with Crippen molar-refractivity contribution in [2.75, 3.05) is 4.43 Å². The zero-order chi connectivity index (χ0) is 22.8. The van der Waals surface area contributed by atoms with Crippen molar-refractivity contribution >= 4 is 32.8 Å². The smallest absolute Gasteiger partial charge is 0.200 e. The Bertz CT molecular complexity index is 573. The summed E-state index contributed by atoms with van der Waals surface area (Å²) >= 11 is 0.788. The average molecular weight is 582 g/mol. The Kier molecular flexibility index (Phi) is 5.71. The quantitative estimate of drug-likeness (QED) is 0.155. The van der Waals surface area contributed by atoms with E-state index in [0.29, 0.717) is 0 Å². The molecule has 0 saturated carbocycles. The van der Waals surface area contributed by atoms with Gasteiger partial charge in [-0.3, -0.25) is 0 Å². The van der Waals surface area contributed by atoms with Crippen molar-refractivity contribution in [2.24, 2.45) is 0 Å². The van der Waals surface area contributed by atoms with Gasteiger partial charge in [0.25, 0.3) is 0 Å². The molecule has 0 spiro atoms. The maximum Gasteiger partial charge on any atom is 0.450 e. The molecule has 0 unspecified atom stereocenters. The second-order valence-electron chi connectivity index (χ2n) is 4.93. The SMILES string of the molecule is FC(F)(CCI)C(F)(F)C(F)(F)C(F)(F)C(F)(F)C(F)(F)S(F)(F)(F)(F)F. The maximum atomic E-state index is 13.1. The summed E-state index contributed by atoms with van der Waals surface area (Å²) in [5.74, 6) is -39.9. The van der Waals surface area contributed by atoms with E-state index in [2.05, 4.69) is 0 Å². The van der Waals surface area contributed by atoms with Crippen LogP contribution < -0.4 is 0 Å². The van der Waals surface area contributed by atoms with Crippen LogP contribution in [-0.4, -0.2) is 39.3 Å². The second-order valence-corrected chi connectivity index (χ2v) is 8.46. The molecule has 0 atom stereocenters. The molecule has 0 aromatic heterocycles. The summed E-state index contributed by atoms with van der Waals surface area (Å²) in [6.45, 7) is 0. The number of rotatable bonds is 8. The van der Waals surface area contributed by atoms with E-state index in [9.17, 15) is 72.1 Å². The molecule has 0 aliphatic carbocycles. The highest BCUT2D eigenvalue weighted by Gasteiger charge is 3.00. The van der Waals surface area contributed by atoms with Crippen LogP contribution in [0.4, 0.5) is 72.1 Å². The Labute approximate surface area is 151 Å². The van der Waals surface area contributed by atoms with Crippen LogP contribution in [0, 0.1) is 0 Å². The largest absolute Gasteiger partial charge is 0.450 e. The van der Waals surface area contributed by atoms with E-state index in [1.807, 2.05) is 0 Å². The molecule has 0 N–H and O–H groups in total. The summed E-state index contributed by atoms with van der Waals surface area (Å²) in [4.78, 5) is 0. The summed E-state index contributed by atoms with van der Waals surface area (Å²) in [5, 5.41) is -9.27. The first-order valence-electron chi connectivity index (χ1n) is 5.61. The molecule has 0 aromatic rings. The normalized spacial score (nSPS) is 18.9. The highest BCUT2D eigenvalue weighted by atomic mass is 127. The number of hydrogen-bond acceptors (Lipinski definition) is 0. The van der Waals surface area contributed by atoms with Crippen molar-refractivity contribution in [3.63, 3.8) is 0 Å². The second kappa shape index (κ2) is 5.73. The van der Waals surface area contributed by atoms with E-state index in [-0.39, 0.29) is 0 Å². The third kappa shape index (κ3) is 3.62. The zero-order valence-electron chi connectivity index (χ0n) is 11.6. The number of halogens is 18. The van der Waals surface area contributed by atoms with Gasteiger partial charge < -0.3 is 0 Å². The highest BCUT2D eigenvalue weighted by molar-refractivity contribution is 14.1. The molecule has 0 fully saturated rings. The molecule has 19 heteroatoms. The molecule has 0 aromatic carbocycles. The maximum absolute atomic E-state index is 13.1. The fourth-order valence-electron chi connectivity index (χ4n) is 1.32. The van der Waals surface area contributed by atoms with Gasteiger partial charge in [-0.2, -0.15) is 52.7 Å². The molecule has 0 amide bonds. The van der Waals surface area contributed by atoms with Gasteiger partial charge in [-0.25, -0.2) is 0 Å². The van der Waals surface area contributed by atoms with E-state index in [4.69, 9.17) is 0 Å². The lowest BCUT2D eigenvalue weighted by atomic mass is 9.93. The minimum Gasteiger partial charge on any atom is -0.200 e. The minimum absolute atomic E-state index is 0.788. The summed E-state index contributed by atoms with van der Waals surface area (Å²) < 4.78 is 213. The Balaban J connectivity index is 6.73. The van der Waals surface area contributed by atoms with Gasteiger partial charge in [0.05, 0.1) is 0 Å². The van der Waals surface area contributed by atoms with Crippen LogP contribution in [0.1, 0.15) is 6.42 Å². The van der Waals surface area contributed by atoms with E-state index in [1.54, 1.807) is 0 Å². The first-order chi connectivity index (χ1) is 11.1. The van der Waals surface area contributed by atoms with Gasteiger partial charge in [0.15, 0.2) is 0 Å². The molecule has 0 nitrogen and oxygen atoms in total. The third-order valence-electron chi connectivity index (χ3n) is 2.90. The summed E-state index contributed by atoms with van der Waals surface area (Å²) in [6, 6.07) is 0. The topological polar surface area (TPSA) is 0 Å². The summed E-state index contributed by atoms with van der Waals surface area (Å²) in [6.07, 6.45) is -2.43. The monoisotopic (exact) mass is 582 g/mol. The molecular weight excluding hydrogens is 578 g/mol. The molecule has 168 valence electrons. The van der Waals surface area contributed by atoms with Gasteiger partial charge in [0.2, 0.25) is 0 Å². The van der Waals surface area contributed by atoms with Crippen LogP contribution in [0.3, 0.4) is 0 Å². The molecule has 0 aliphatic rings. The van der Waals surface area contributed by atoms with Crippen LogP contribution in [0.25, 0.3) is 0 Å². The van der Waals surface area contributed by atoms with Crippen LogP contribution in [-0.2, 0) is 0 Å². The zero-order valence-corrected chi connectivity index (χ0v) is 14.6. The molecule has 0 bridgehead atoms. The highest BCUT2D eigenvalue weighted by Crippen LogP contribution is 3.06. The van der Waals surface area contributed by atoms with Crippen molar-refractivity contribution < 1.29 is 72.1 Å². The van der Waals surface area contributed by atoms with Gasteiger partial charge >= 0.3 is 45.1 Å². The van der Waals surface area contributed by atoms with Crippen molar-refractivity contribution in [3.05, 3.63) is 0 Å². The van der Waals surface area contributed by atoms with Crippen molar-refractivity contribution in [1.29, 1.82) is 0 Å². The van der Waals surface area contributed by atoms with E-state index in [0.717, 1.165) is 22.6 Å². The Morgan fingerprint density at radius 1 is 0.519 bits per heavy atom. The summed E-state index contributed by atoms with van der Waals surface area (Å²) in [7, 11) is -13.1. The van der Waals surface area contributed by atoms with E-state index in [1.165, 1.54) is 0 Å². The van der Waals surface area contributed by atoms with E-state index >= 15 is 0 Å². The number of hydrogen-bond donors (Lipinski definition) is 0. The molecule has 27 heavy (non-hydrogen) atoms. The van der Waals surface area contributed by atoms with Gasteiger partial charge in [0.1, 0.15) is 0 Å². The molecular formula is C8H4F17IS. The summed E-state index contributed by atoms with van der Waals surface area (Å²) in [5.41, 5.74) is 0. The number of alkyl halides is 13. The van der Waals surface area contributed by atoms with Crippen LogP contribution in [0.2, 0.25) is 0 Å². The van der Waals surface area contributed by atoms with Gasteiger partial charge in [-0.15, -0.1) is 0 Å². The van der Waals surface area contributed by atoms with Crippen molar-refractivity contribution in [3.8, 4) is 0 Å². The molecule has 0 heterocycles. The third-order valence-corrected chi connectivity index (χ3v) is 4.67. The molecule has 0 saturated heterocycles. The molecule has 0 radical (unpaired) electrons. The van der Waals surface area contributed by atoms with Crippen LogP contribution in [0.15, 0.2) is 0 Å². The lowest BCUT2D eigenvalue weighted by Crippen LogP contribution is -2.71. The minimum atomic E-state index is -13.1. The predicted molar refractivity (Wildman–Crippen MR) is 66.3 cm³/mol. The van der Waals surface area contributed by atoms with E-state index < -0.39 is 55.9 Å². The fourth-order valence-corrected chi connectivity index (χ4v) is 2.61. The van der Waals surface area contributed by atoms with Gasteiger partial charge in [-0.1, -0.05) is 42.0 Å². The lowest BCUT2D eigenvalue weighted by Gasteiger charge is -2.50. The van der Waals surface area contributed by atoms with Crippen molar-refractivity contribution in [2.45, 2.75) is 41.3 Å². The average Bonchev–Trinajstić information content (AvgIpc) is 2.34. The lowest BCUT2D eigenvalue weighted by molar-refractivity contribution is -0.418. The first-order valence-corrected chi connectivity index (χ1v) is 9.09. The molecule has 0 rings (SSSR count). The Hall–Kier alpha value is -0.110. The van der Waals surface area contributed by atoms with Crippen molar-refractivity contribution in [1.82, 2.24) is 0 Å². The fraction of sp³-hybridized carbons (Fsp3) is 1.00.